The Bertz CT molecular complexity index is 875. The Labute approximate surface area is 180 Å². The average Bonchev–Trinajstić information content (AvgIpc) is 2.70. The van der Waals surface area contributed by atoms with E-state index in [1.165, 1.54) is 0 Å². The summed E-state index contributed by atoms with van der Waals surface area (Å²) in [6, 6.07) is 1.64. The van der Waals surface area contributed by atoms with Gasteiger partial charge in [-0.15, -0.1) is 0 Å². The second kappa shape index (κ2) is 12.3. The van der Waals surface area contributed by atoms with Crippen molar-refractivity contribution in [1.82, 2.24) is 0 Å². The topological polar surface area (TPSA) is 240 Å². The molecule has 1 rings (SSSR count). The number of carbonyl (C=O) groups is 2. The highest BCUT2D eigenvalue weighted by Gasteiger charge is 2.25. The number of hydrazone groups is 2. The minimum Gasteiger partial charge on any atom is -0.466 e. The first-order chi connectivity index (χ1) is 15.1. The van der Waals surface area contributed by atoms with Crippen LogP contribution >= 0.6 is 0 Å². The minimum atomic E-state index is -0.880. The summed E-state index contributed by atoms with van der Waals surface area (Å²) in [6.07, 6.45) is -0.775. The number of ether oxygens (including phenoxy) is 2. The Morgan fingerprint density at radius 2 is 1.25 bits per heavy atom. The lowest BCUT2D eigenvalue weighted by molar-refractivity contribution is -0.393. The molecule has 0 bridgehead atoms. The Morgan fingerprint density at radius 1 is 0.875 bits per heavy atom. The van der Waals surface area contributed by atoms with Gasteiger partial charge < -0.3 is 20.9 Å². The van der Waals surface area contributed by atoms with Crippen molar-refractivity contribution in [2.75, 3.05) is 24.1 Å². The SMILES string of the molecule is CCOC(=O)C/C(N)=N\Nc1cc(N/N=C(/N)CC(=O)OCC)c([N+](=O)[O-])cc1[N+](=O)[O-]. The zero-order valence-corrected chi connectivity index (χ0v) is 17.2. The van der Waals surface area contributed by atoms with Crippen molar-refractivity contribution in [2.45, 2.75) is 26.7 Å². The number of hydrogen-bond donors (Lipinski definition) is 4. The molecule has 16 heteroatoms. The van der Waals surface area contributed by atoms with Crippen molar-refractivity contribution in [2.24, 2.45) is 21.7 Å². The van der Waals surface area contributed by atoms with Crippen molar-refractivity contribution >= 4 is 46.4 Å². The summed E-state index contributed by atoms with van der Waals surface area (Å²) in [5.74, 6) is -1.82. The van der Waals surface area contributed by atoms with Gasteiger partial charge in [-0.05, 0) is 13.8 Å². The number of hydrogen-bond acceptors (Lipinski definition) is 12. The number of nitrogens with zero attached hydrogens (tertiary/aromatic N) is 4. The third-order valence-electron chi connectivity index (χ3n) is 3.41. The molecule has 1 aromatic rings. The summed E-state index contributed by atoms with van der Waals surface area (Å²) >= 11 is 0. The summed E-state index contributed by atoms with van der Waals surface area (Å²) in [5.41, 5.74) is 13.7. The zero-order chi connectivity index (χ0) is 24.3. The summed E-state index contributed by atoms with van der Waals surface area (Å²) in [7, 11) is 0. The van der Waals surface area contributed by atoms with Crippen molar-refractivity contribution in [1.29, 1.82) is 0 Å². The van der Waals surface area contributed by atoms with Crippen LogP contribution in [0.3, 0.4) is 0 Å². The third kappa shape index (κ3) is 8.09. The lowest BCUT2D eigenvalue weighted by Crippen LogP contribution is -2.20. The number of carbonyl (C=O) groups excluding carboxylic acids is 2. The second-order valence-corrected chi connectivity index (χ2v) is 5.79. The molecule has 0 atom stereocenters. The van der Waals surface area contributed by atoms with Crippen LogP contribution in [-0.2, 0) is 19.1 Å². The number of nitrogens with one attached hydrogen (secondary N) is 2. The normalized spacial score (nSPS) is 11.4. The Morgan fingerprint density at radius 3 is 1.56 bits per heavy atom. The van der Waals surface area contributed by atoms with Gasteiger partial charge in [0.1, 0.15) is 35.9 Å². The zero-order valence-electron chi connectivity index (χ0n) is 17.2. The Kier molecular flexibility index (Phi) is 9.78. The van der Waals surface area contributed by atoms with Crippen LogP contribution in [0.1, 0.15) is 26.7 Å². The van der Waals surface area contributed by atoms with E-state index in [4.69, 9.17) is 20.9 Å². The van der Waals surface area contributed by atoms with Gasteiger partial charge in [0.25, 0.3) is 0 Å². The van der Waals surface area contributed by atoms with E-state index >= 15 is 0 Å². The smallest absolute Gasteiger partial charge is 0.313 e. The first kappa shape index (κ1) is 25.5. The number of nitro benzene ring substituents is 2. The number of nitro groups is 2. The molecule has 0 heterocycles. The summed E-state index contributed by atoms with van der Waals surface area (Å²) < 4.78 is 9.41. The first-order valence-electron chi connectivity index (χ1n) is 9.03. The molecule has 0 fully saturated rings. The molecule has 0 aliphatic rings. The van der Waals surface area contributed by atoms with Crippen LogP contribution in [0.15, 0.2) is 22.3 Å². The van der Waals surface area contributed by atoms with Gasteiger partial charge in [-0.2, -0.15) is 10.2 Å². The van der Waals surface area contributed by atoms with Gasteiger partial charge in [-0.3, -0.25) is 40.7 Å². The van der Waals surface area contributed by atoms with E-state index in [0.717, 1.165) is 6.07 Å². The molecule has 1 aromatic carbocycles. The molecule has 16 nitrogen and oxygen atoms in total. The quantitative estimate of drug-likeness (QED) is 0.113. The Balaban J connectivity index is 3.22. The van der Waals surface area contributed by atoms with Gasteiger partial charge in [0.15, 0.2) is 0 Å². The second-order valence-electron chi connectivity index (χ2n) is 5.79. The highest BCUT2D eigenvalue weighted by atomic mass is 16.6. The molecule has 0 saturated carbocycles. The molecule has 0 aliphatic heterocycles. The first-order valence-corrected chi connectivity index (χ1v) is 9.03. The van der Waals surface area contributed by atoms with E-state index in [1.807, 2.05) is 0 Å². The van der Waals surface area contributed by atoms with E-state index in [0.29, 0.717) is 6.07 Å². The molecule has 0 aliphatic carbocycles. The van der Waals surface area contributed by atoms with Crippen LogP contribution in [0.2, 0.25) is 0 Å². The fraction of sp³-hybridized carbons (Fsp3) is 0.375. The molecule has 32 heavy (non-hydrogen) atoms. The number of benzene rings is 1. The molecule has 0 radical (unpaired) electrons. The van der Waals surface area contributed by atoms with Gasteiger partial charge in [-0.25, -0.2) is 0 Å². The van der Waals surface area contributed by atoms with Crippen molar-refractivity contribution in [3.63, 3.8) is 0 Å². The van der Waals surface area contributed by atoms with Crippen LogP contribution in [0.5, 0.6) is 0 Å². The maximum absolute atomic E-state index is 11.4. The van der Waals surface area contributed by atoms with E-state index in [-0.39, 0.29) is 49.1 Å². The van der Waals surface area contributed by atoms with Gasteiger partial charge in [0, 0.05) is 6.07 Å². The molecule has 174 valence electrons. The maximum Gasteiger partial charge on any atom is 0.313 e. The van der Waals surface area contributed by atoms with Crippen LogP contribution in [0.25, 0.3) is 0 Å². The lowest BCUT2D eigenvalue weighted by atomic mass is 10.2. The van der Waals surface area contributed by atoms with Crippen molar-refractivity contribution < 1.29 is 28.9 Å². The third-order valence-corrected chi connectivity index (χ3v) is 3.41. The van der Waals surface area contributed by atoms with Crippen LogP contribution in [-0.4, -0.2) is 46.7 Å². The monoisotopic (exact) mass is 454 g/mol. The molecule has 0 amide bonds. The van der Waals surface area contributed by atoms with Crippen LogP contribution < -0.4 is 22.3 Å². The number of amidine groups is 2. The van der Waals surface area contributed by atoms with Crippen LogP contribution in [0.4, 0.5) is 22.7 Å². The number of nitrogens with two attached hydrogens (primary N) is 2. The number of anilines is 2. The van der Waals surface area contributed by atoms with Crippen molar-refractivity contribution in [3.8, 4) is 0 Å². The van der Waals surface area contributed by atoms with E-state index in [9.17, 15) is 29.8 Å². The van der Waals surface area contributed by atoms with Crippen LogP contribution in [0, 0.1) is 20.2 Å². The van der Waals surface area contributed by atoms with E-state index in [2.05, 4.69) is 21.1 Å². The van der Waals surface area contributed by atoms with E-state index < -0.39 is 33.2 Å². The maximum atomic E-state index is 11.4. The predicted molar refractivity (Wildman–Crippen MR) is 113 cm³/mol. The van der Waals surface area contributed by atoms with Gasteiger partial charge in [0.2, 0.25) is 0 Å². The molecule has 0 aromatic heterocycles. The molecule has 0 spiro atoms. The summed E-state index contributed by atoms with van der Waals surface area (Å²) in [4.78, 5) is 43.7. The number of rotatable bonds is 12. The van der Waals surface area contributed by atoms with Gasteiger partial charge >= 0.3 is 23.3 Å². The molecular weight excluding hydrogens is 432 g/mol. The van der Waals surface area contributed by atoms with E-state index in [1.54, 1.807) is 13.8 Å². The van der Waals surface area contributed by atoms with Gasteiger partial charge in [0.05, 0.1) is 29.1 Å². The molecule has 6 N–H and O–H groups in total. The standard InChI is InChI=1S/C16H22N8O8/c1-3-31-15(25)7-13(17)21-19-9-5-10(12(24(29)30)6-11(9)23(27)28)20-22-14(18)8-16(26)32-4-2/h5-6,19-20H,3-4,7-8H2,1-2H3,(H2,17,21)(H2,18,22). The summed E-state index contributed by atoms with van der Waals surface area (Å²) in [5, 5.41) is 30.0. The average molecular weight is 454 g/mol. The van der Waals surface area contributed by atoms with Gasteiger partial charge in [-0.1, -0.05) is 0 Å². The fourth-order valence-electron chi connectivity index (χ4n) is 2.12. The highest BCUT2D eigenvalue weighted by Crippen LogP contribution is 2.36. The number of esters is 2. The predicted octanol–water partition coefficient (Wildman–Crippen LogP) is 0.778. The van der Waals surface area contributed by atoms with Crippen molar-refractivity contribution in [3.05, 3.63) is 32.4 Å². The lowest BCUT2D eigenvalue weighted by Gasteiger charge is -2.08. The largest absolute Gasteiger partial charge is 0.466 e. The molecule has 0 saturated heterocycles. The fourth-order valence-corrected chi connectivity index (χ4v) is 2.12. The molecule has 0 unspecified atom stereocenters. The molecular formula is C16H22N8O8. The highest BCUT2D eigenvalue weighted by molar-refractivity contribution is 5.97. The Hall–Kier alpha value is -4.50. The minimum absolute atomic E-state index is 0.127. The summed E-state index contributed by atoms with van der Waals surface area (Å²) in [6.45, 7) is 3.45.